The van der Waals surface area contributed by atoms with Gasteiger partial charge in [-0.2, -0.15) is 0 Å². The van der Waals surface area contributed by atoms with Gasteiger partial charge in [-0.15, -0.1) is 0 Å². The highest BCUT2D eigenvalue weighted by molar-refractivity contribution is 5.53. The van der Waals surface area contributed by atoms with Crippen LogP contribution in [0.15, 0.2) is 35.9 Å². The van der Waals surface area contributed by atoms with Crippen LogP contribution in [0.4, 0.5) is 0 Å². The Morgan fingerprint density at radius 1 is 1.11 bits per heavy atom. The summed E-state index contributed by atoms with van der Waals surface area (Å²) in [6.45, 7) is 2.21. The largest absolute Gasteiger partial charge is 0.352 e. The van der Waals surface area contributed by atoms with Gasteiger partial charge in [0.2, 0.25) is 0 Å². The van der Waals surface area contributed by atoms with E-state index in [4.69, 9.17) is 9.47 Å². The third-order valence-corrected chi connectivity index (χ3v) is 2.95. The molecule has 0 aliphatic rings. The molecule has 0 amide bonds. The summed E-state index contributed by atoms with van der Waals surface area (Å²) < 4.78 is 10.7. The van der Waals surface area contributed by atoms with Gasteiger partial charge in [-0.1, -0.05) is 56.2 Å². The minimum absolute atomic E-state index is 0.234. The Kier molecular flexibility index (Phi) is 7.38. The van der Waals surface area contributed by atoms with Crippen LogP contribution in [0.2, 0.25) is 0 Å². The molecule has 18 heavy (non-hydrogen) atoms. The van der Waals surface area contributed by atoms with Crippen LogP contribution in [-0.4, -0.2) is 20.5 Å². The Morgan fingerprint density at radius 3 is 2.33 bits per heavy atom. The molecule has 1 aromatic carbocycles. The lowest BCUT2D eigenvalue weighted by Gasteiger charge is -2.17. The van der Waals surface area contributed by atoms with Crippen LogP contribution < -0.4 is 0 Å². The molecule has 0 radical (unpaired) electrons. The number of hydrogen-bond acceptors (Lipinski definition) is 2. The lowest BCUT2D eigenvalue weighted by Crippen LogP contribution is -2.16. The first kappa shape index (κ1) is 14.9. The van der Waals surface area contributed by atoms with Gasteiger partial charge < -0.3 is 9.47 Å². The second-order valence-corrected chi connectivity index (χ2v) is 4.39. The van der Waals surface area contributed by atoms with Crippen LogP contribution in [-0.2, 0) is 9.47 Å². The SMILES string of the molecule is CCCCC/C(=C\c1ccccc1)C(OC)OC. The van der Waals surface area contributed by atoms with Crippen LogP contribution >= 0.6 is 0 Å². The topological polar surface area (TPSA) is 18.5 Å². The van der Waals surface area contributed by atoms with Crippen molar-refractivity contribution in [3.8, 4) is 0 Å². The van der Waals surface area contributed by atoms with Gasteiger partial charge in [-0.05, 0) is 24.0 Å². The van der Waals surface area contributed by atoms with E-state index in [2.05, 4.69) is 25.1 Å². The molecule has 0 spiro atoms. The summed E-state index contributed by atoms with van der Waals surface area (Å²) in [5.41, 5.74) is 2.41. The Bertz CT molecular complexity index is 339. The van der Waals surface area contributed by atoms with Gasteiger partial charge in [0, 0.05) is 14.2 Å². The fourth-order valence-corrected chi connectivity index (χ4v) is 2.00. The van der Waals surface area contributed by atoms with Gasteiger partial charge in [0.05, 0.1) is 0 Å². The highest BCUT2D eigenvalue weighted by Gasteiger charge is 2.11. The normalized spacial score (nSPS) is 12.1. The molecule has 2 nitrogen and oxygen atoms in total. The second kappa shape index (κ2) is 8.90. The van der Waals surface area contributed by atoms with Gasteiger partial charge in [-0.3, -0.25) is 0 Å². The van der Waals surface area contributed by atoms with Crippen LogP contribution in [0.25, 0.3) is 6.08 Å². The van der Waals surface area contributed by atoms with Gasteiger partial charge in [-0.25, -0.2) is 0 Å². The van der Waals surface area contributed by atoms with Crippen molar-refractivity contribution in [1.82, 2.24) is 0 Å². The van der Waals surface area contributed by atoms with Crippen LogP contribution in [0.5, 0.6) is 0 Å². The molecule has 0 atom stereocenters. The summed E-state index contributed by atoms with van der Waals surface area (Å²) in [6.07, 6.45) is 6.61. The third kappa shape index (κ3) is 5.03. The van der Waals surface area contributed by atoms with Crippen molar-refractivity contribution in [2.24, 2.45) is 0 Å². The first-order valence-corrected chi connectivity index (χ1v) is 6.63. The summed E-state index contributed by atoms with van der Waals surface area (Å²) in [5, 5.41) is 0. The maximum atomic E-state index is 5.37. The maximum absolute atomic E-state index is 5.37. The summed E-state index contributed by atoms with van der Waals surface area (Å²) in [6, 6.07) is 10.3. The molecular formula is C16H24O2. The minimum Gasteiger partial charge on any atom is -0.352 e. The molecule has 1 rings (SSSR count). The predicted molar refractivity (Wildman–Crippen MR) is 76.4 cm³/mol. The molecule has 0 saturated heterocycles. The van der Waals surface area contributed by atoms with Gasteiger partial charge in [0.1, 0.15) is 0 Å². The molecule has 0 heterocycles. The monoisotopic (exact) mass is 248 g/mol. The Morgan fingerprint density at radius 2 is 1.78 bits per heavy atom. The molecule has 0 N–H and O–H groups in total. The zero-order valence-electron chi connectivity index (χ0n) is 11.7. The third-order valence-electron chi connectivity index (χ3n) is 2.95. The van der Waals surface area contributed by atoms with Crippen molar-refractivity contribution in [2.75, 3.05) is 14.2 Å². The van der Waals surface area contributed by atoms with Crippen LogP contribution in [0, 0.1) is 0 Å². The van der Waals surface area contributed by atoms with Crippen molar-refractivity contribution >= 4 is 6.08 Å². The molecule has 100 valence electrons. The molecule has 0 aliphatic carbocycles. The summed E-state index contributed by atoms with van der Waals surface area (Å²) in [5.74, 6) is 0. The Hall–Kier alpha value is -1.12. The Balaban J connectivity index is 2.78. The molecule has 0 bridgehead atoms. The molecule has 0 fully saturated rings. The highest BCUT2D eigenvalue weighted by Crippen LogP contribution is 2.19. The van der Waals surface area contributed by atoms with E-state index in [1.165, 1.54) is 30.4 Å². The maximum Gasteiger partial charge on any atom is 0.179 e. The van der Waals surface area contributed by atoms with E-state index in [0.29, 0.717) is 0 Å². The van der Waals surface area contributed by atoms with E-state index in [9.17, 15) is 0 Å². The van der Waals surface area contributed by atoms with E-state index < -0.39 is 0 Å². The number of ether oxygens (including phenoxy) is 2. The number of unbranched alkanes of at least 4 members (excludes halogenated alkanes) is 2. The molecule has 0 saturated carbocycles. The van der Waals surface area contributed by atoms with Crippen molar-refractivity contribution in [3.05, 3.63) is 41.5 Å². The average Bonchev–Trinajstić information content (AvgIpc) is 2.41. The lowest BCUT2D eigenvalue weighted by molar-refractivity contribution is -0.0760. The summed E-state index contributed by atoms with van der Waals surface area (Å²) in [4.78, 5) is 0. The summed E-state index contributed by atoms with van der Waals surface area (Å²) >= 11 is 0. The lowest BCUT2D eigenvalue weighted by atomic mass is 10.0. The molecule has 2 heteroatoms. The number of methoxy groups -OCH3 is 2. The first-order chi connectivity index (χ1) is 8.81. The number of hydrogen-bond donors (Lipinski definition) is 0. The second-order valence-electron chi connectivity index (χ2n) is 4.39. The number of benzene rings is 1. The molecule has 0 aliphatic heterocycles. The van der Waals surface area contributed by atoms with Gasteiger partial charge >= 0.3 is 0 Å². The molecular weight excluding hydrogens is 224 g/mol. The van der Waals surface area contributed by atoms with Gasteiger partial charge in [0.25, 0.3) is 0 Å². The van der Waals surface area contributed by atoms with E-state index in [-0.39, 0.29) is 6.29 Å². The fraction of sp³-hybridized carbons (Fsp3) is 0.500. The minimum atomic E-state index is -0.234. The zero-order chi connectivity index (χ0) is 13.2. The van der Waals surface area contributed by atoms with E-state index in [1.807, 2.05) is 18.2 Å². The fourth-order valence-electron chi connectivity index (χ4n) is 2.00. The van der Waals surface area contributed by atoms with Crippen LogP contribution in [0.3, 0.4) is 0 Å². The van der Waals surface area contributed by atoms with Crippen LogP contribution in [0.1, 0.15) is 38.2 Å². The smallest absolute Gasteiger partial charge is 0.179 e. The first-order valence-electron chi connectivity index (χ1n) is 6.63. The zero-order valence-corrected chi connectivity index (χ0v) is 11.7. The highest BCUT2D eigenvalue weighted by atomic mass is 16.7. The average molecular weight is 248 g/mol. The van der Waals surface area contributed by atoms with E-state index >= 15 is 0 Å². The van der Waals surface area contributed by atoms with E-state index in [0.717, 1.165) is 6.42 Å². The predicted octanol–water partition coefficient (Wildman–Crippen LogP) is 4.27. The van der Waals surface area contributed by atoms with Crippen molar-refractivity contribution in [3.63, 3.8) is 0 Å². The van der Waals surface area contributed by atoms with E-state index in [1.54, 1.807) is 14.2 Å². The Labute approximate surface area is 111 Å². The number of rotatable bonds is 8. The standard InChI is InChI=1S/C16H24O2/c1-4-5-7-12-15(16(17-2)18-3)13-14-10-8-6-9-11-14/h6,8-11,13,16H,4-5,7,12H2,1-3H3/b15-13+. The summed E-state index contributed by atoms with van der Waals surface area (Å²) in [7, 11) is 3.37. The van der Waals surface area contributed by atoms with Crippen molar-refractivity contribution in [1.29, 1.82) is 0 Å². The molecule has 0 unspecified atom stereocenters. The van der Waals surface area contributed by atoms with Crippen molar-refractivity contribution in [2.45, 2.75) is 38.9 Å². The molecule has 1 aromatic rings. The van der Waals surface area contributed by atoms with Gasteiger partial charge in [0.15, 0.2) is 6.29 Å². The molecule has 0 aromatic heterocycles. The quantitative estimate of drug-likeness (QED) is 0.505. The van der Waals surface area contributed by atoms with Crippen molar-refractivity contribution < 1.29 is 9.47 Å².